The Balaban J connectivity index is 2.03. The van der Waals surface area contributed by atoms with E-state index in [0.29, 0.717) is 11.8 Å². The molecule has 2 aromatic rings. The summed E-state index contributed by atoms with van der Waals surface area (Å²) < 4.78 is 1.21. The Morgan fingerprint density at radius 1 is 0.905 bits per heavy atom. The van der Waals surface area contributed by atoms with E-state index >= 15 is 0 Å². The van der Waals surface area contributed by atoms with Crippen molar-refractivity contribution < 1.29 is 0 Å². The van der Waals surface area contributed by atoms with Gasteiger partial charge in [-0.15, -0.1) is 0 Å². The lowest BCUT2D eigenvalue weighted by atomic mass is 9.93. The molecule has 0 saturated carbocycles. The molecule has 0 spiro atoms. The molecule has 0 nitrogen and oxygen atoms in total. The molecular weight excluding hydrogens is 388 g/mol. The van der Waals surface area contributed by atoms with Crippen molar-refractivity contribution in [2.75, 3.05) is 5.33 Å². The van der Waals surface area contributed by atoms with Crippen molar-refractivity contribution in [1.82, 2.24) is 0 Å². The Kier molecular flexibility index (Phi) is 6.50. The van der Waals surface area contributed by atoms with Crippen molar-refractivity contribution in [2.24, 2.45) is 5.92 Å². The summed E-state index contributed by atoms with van der Waals surface area (Å²) in [6.45, 7) is 4.48. The van der Waals surface area contributed by atoms with Crippen LogP contribution >= 0.6 is 31.9 Å². The summed E-state index contributed by atoms with van der Waals surface area (Å²) in [6.07, 6.45) is 2.21. The van der Waals surface area contributed by atoms with Gasteiger partial charge in [0.15, 0.2) is 0 Å². The zero-order valence-corrected chi connectivity index (χ0v) is 15.8. The second kappa shape index (κ2) is 8.14. The van der Waals surface area contributed by atoms with Gasteiger partial charge in [0.2, 0.25) is 0 Å². The highest BCUT2D eigenvalue weighted by atomic mass is 79.9. The SMILES string of the molecule is CC(C)c1ccc(CC(CBr)Cc2ccccc2Br)cc1. The average molecular weight is 410 g/mol. The Morgan fingerprint density at radius 2 is 1.57 bits per heavy atom. The number of alkyl halides is 1. The summed E-state index contributed by atoms with van der Waals surface area (Å²) >= 11 is 7.33. The lowest BCUT2D eigenvalue weighted by Gasteiger charge is -2.16. The van der Waals surface area contributed by atoms with Gasteiger partial charge >= 0.3 is 0 Å². The molecule has 0 amide bonds. The van der Waals surface area contributed by atoms with Crippen LogP contribution in [0.25, 0.3) is 0 Å². The van der Waals surface area contributed by atoms with E-state index in [9.17, 15) is 0 Å². The lowest BCUT2D eigenvalue weighted by Crippen LogP contribution is -2.10. The highest BCUT2D eigenvalue weighted by Crippen LogP contribution is 2.23. The molecule has 0 fully saturated rings. The van der Waals surface area contributed by atoms with Gasteiger partial charge in [0, 0.05) is 9.80 Å². The van der Waals surface area contributed by atoms with Gasteiger partial charge in [0.1, 0.15) is 0 Å². The van der Waals surface area contributed by atoms with Gasteiger partial charge in [0.05, 0.1) is 0 Å². The smallest absolute Gasteiger partial charge is 0.0207 e. The van der Waals surface area contributed by atoms with Crippen LogP contribution in [0.3, 0.4) is 0 Å². The molecule has 0 heterocycles. The van der Waals surface area contributed by atoms with Crippen LogP contribution in [0.5, 0.6) is 0 Å². The molecular formula is C19H22Br2. The van der Waals surface area contributed by atoms with E-state index in [2.05, 4.69) is 94.2 Å². The van der Waals surface area contributed by atoms with Gasteiger partial charge < -0.3 is 0 Å². The zero-order chi connectivity index (χ0) is 15.2. The number of rotatable bonds is 6. The molecule has 2 heteroatoms. The van der Waals surface area contributed by atoms with Crippen molar-refractivity contribution in [3.05, 3.63) is 69.7 Å². The van der Waals surface area contributed by atoms with E-state index in [1.165, 1.54) is 21.2 Å². The van der Waals surface area contributed by atoms with Crippen LogP contribution in [0.1, 0.15) is 36.5 Å². The Hall–Kier alpha value is -0.600. The third kappa shape index (κ3) is 4.96. The van der Waals surface area contributed by atoms with Crippen LogP contribution in [0.2, 0.25) is 0 Å². The summed E-state index contributed by atoms with van der Waals surface area (Å²) in [5.41, 5.74) is 4.23. The van der Waals surface area contributed by atoms with Crippen molar-refractivity contribution in [3.8, 4) is 0 Å². The van der Waals surface area contributed by atoms with Gasteiger partial charge in [-0.05, 0) is 47.4 Å². The van der Waals surface area contributed by atoms with E-state index in [4.69, 9.17) is 0 Å². The summed E-state index contributed by atoms with van der Waals surface area (Å²) in [5.74, 6) is 1.22. The summed E-state index contributed by atoms with van der Waals surface area (Å²) in [6, 6.07) is 17.6. The normalized spacial score (nSPS) is 12.6. The quantitative estimate of drug-likeness (QED) is 0.486. The summed E-state index contributed by atoms with van der Waals surface area (Å²) in [5, 5.41) is 1.03. The molecule has 0 N–H and O–H groups in total. The molecule has 1 unspecified atom stereocenters. The number of benzene rings is 2. The minimum Gasteiger partial charge on any atom is -0.0925 e. The Morgan fingerprint density at radius 3 is 2.14 bits per heavy atom. The van der Waals surface area contributed by atoms with Crippen LogP contribution in [0.4, 0.5) is 0 Å². The van der Waals surface area contributed by atoms with Crippen molar-refractivity contribution in [3.63, 3.8) is 0 Å². The molecule has 1 atom stereocenters. The van der Waals surface area contributed by atoms with Crippen LogP contribution in [0, 0.1) is 5.92 Å². The predicted molar refractivity (Wildman–Crippen MR) is 99.4 cm³/mol. The zero-order valence-electron chi connectivity index (χ0n) is 12.7. The molecule has 0 saturated heterocycles. The standard InChI is InChI=1S/C19H22Br2/c1-14(2)17-9-7-15(8-10-17)11-16(13-20)12-18-5-3-4-6-19(18)21/h3-10,14,16H,11-13H2,1-2H3. The fourth-order valence-corrected chi connectivity index (χ4v) is 3.43. The lowest BCUT2D eigenvalue weighted by molar-refractivity contribution is 0.590. The molecule has 2 aromatic carbocycles. The molecule has 0 bridgehead atoms. The van der Waals surface area contributed by atoms with Gasteiger partial charge in [-0.25, -0.2) is 0 Å². The van der Waals surface area contributed by atoms with Gasteiger partial charge in [-0.1, -0.05) is 88.2 Å². The molecule has 2 rings (SSSR count). The maximum absolute atomic E-state index is 3.68. The molecule has 0 aromatic heterocycles. The fourth-order valence-electron chi connectivity index (χ4n) is 2.53. The maximum Gasteiger partial charge on any atom is 0.0207 e. The first-order valence-electron chi connectivity index (χ1n) is 7.48. The topological polar surface area (TPSA) is 0 Å². The predicted octanol–water partition coefficient (Wildman–Crippen LogP) is 6.37. The first kappa shape index (κ1) is 16.8. The van der Waals surface area contributed by atoms with Crippen LogP contribution in [0.15, 0.2) is 53.0 Å². The largest absolute Gasteiger partial charge is 0.0925 e. The monoisotopic (exact) mass is 408 g/mol. The van der Waals surface area contributed by atoms with E-state index in [1.807, 2.05) is 0 Å². The van der Waals surface area contributed by atoms with E-state index in [0.717, 1.165) is 18.2 Å². The summed E-state index contributed by atoms with van der Waals surface area (Å²) in [7, 11) is 0. The second-order valence-electron chi connectivity index (χ2n) is 5.92. The minimum absolute atomic E-state index is 0.603. The van der Waals surface area contributed by atoms with E-state index in [-0.39, 0.29) is 0 Å². The van der Waals surface area contributed by atoms with Gasteiger partial charge in [0.25, 0.3) is 0 Å². The highest BCUT2D eigenvalue weighted by Gasteiger charge is 2.11. The van der Waals surface area contributed by atoms with Gasteiger partial charge in [-0.2, -0.15) is 0 Å². The molecule has 21 heavy (non-hydrogen) atoms. The van der Waals surface area contributed by atoms with E-state index in [1.54, 1.807) is 0 Å². The van der Waals surface area contributed by atoms with Crippen LogP contribution < -0.4 is 0 Å². The van der Waals surface area contributed by atoms with Crippen LogP contribution in [-0.2, 0) is 12.8 Å². The first-order valence-corrected chi connectivity index (χ1v) is 9.39. The molecule has 0 aliphatic carbocycles. The minimum atomic E-state index is 0.603. The van der Waals surface area contributed by atoms with Crippen molar-refractivity contribution in [1.29, 1.82) is 0 Å². The number of halogens is 2. The Bertz CT molecular complexity index is 558. The first-order chi connectivity index (χ1) is 10.1. The maximum atomic E-state index is 3.68. The molecule has 0 aliphatic rings. The van der Waals surface area contributed by atoms with Gasteiger partial charge in [-0.3, -0.25) is 0 Å². The number of hydrogen-bond acceptors (Lipinski definition) is 0. The average Bonchev–Trinajstić information content (AvgIpc) is 2.49. The fraction of sp³-hybridized carbons (Fsp3) is 0.368. The van der Waals surface area contributed by atoms with Crippen molar-refractivity contribution in [2.45, 2.75) is 32.6 Å². The highest BCUT2D eigenvalue weighted by molar-refractivity contribution is 9.10. The summed E-state index contributed by atoms with van der Waals surface area (Å²) in [4.78, 5) is 0. The molecule has 112 valence electrons. The Labute approximate surface area is 145 Å². The van der Waals surface area contributed by atoms with Crippen LogP contribution in [-0.4, -0.2) is 5.33 Å². The third-order valence-electron chi connectivity index (χ3n) is 3.86. The van der Waals surface area contributed by atoms with E-state index < -0.39 is 0 Å². The third-order valence-corrected chi connectivity index (χ3v) is 5.54. The molecule has 0 aliphatic heterocycles. The van der Waals surface area contributed by atoms with Crippen molar-refractivity contribution >= 4 is 31.9 Å². The molecule has 0 radical (unpaired) electrons. The second-order valence-corrected chi connectivity index (χ2v) is 7.42. The number of hydrogen-bond donors (Lipinski definition) is 0.